The van der Waals surface area contributed by atoms with Gasteiger partial charge in [0, 0.05) is 30.2 Å². The van der Waals surface area contributed by atoms with Crippen LogP contribution in [0.4, 0.5) is 0 Å². The van der Waals surface area contributed by atoms with Gasteiger partial charge in [0.05, 0.1) is 6.04 Å². The molecule has 1 atom stereocenters. The fourth-order valence-corrected chi connectivity index (χ4v) is 3.31. The Morgan fingerprint density at radius 2 is 2.00 bits per heavy atom. The molecule has 7 nitrogen and oxygen atoms in total. The highest BCUT2D eigenvalue weighted by Crippen LogP contribution is 2.34. The van der Waals surface area contributed by atoms with Crippen LogP contribution in [-0.4, -0.2) is 26.2 Å². The maximum absolute atomic E-state index is 12.3. The summed E-state index contributed by atoms with van der Waals surface area (Å²) in [5, 5.41) is 14.7. The molecule has 1 aliphatic rings. The Hall–Kier alpha value is -2.80. The third-order valence-electron chi connectivity index (χ3n) is 4.48. The molecule has 0 unspecified atom stereocenters. The molecule has 23 heavy (non-hydrogen) atoms. The highest BCUT2D eigenvalue weighted by Gasteiger charge is 2.30. The second-order valence-corrected chi connectivity index (χ2v) is 5.76. The topological polar surface area (TPSA) is 103 Å². The molecule has 0 radical (unpaired) electrons. The number of nitrogens with zero attached hydrogens (tertiary/aromatic N) is 1. The van der Waals surface area contributed by atoms with E-state index in [0.29, 0.717) is 6.54 Å². The van der Waals surface area contributed by atoms with Crippen molar-refractivity contribution in [3.63, 3.8) is 0 Å². The van der Waals surface area contributed by atoms with Crippen LogP contribution >= 0.6 is 0 Å². The number of H-pyrrole nitrogens is 2. The number of rotatable bonds is 1. The molecule has 0 amide bonds. The second kappa shape index (κ2) is 4.85. The summed E-state index contributed by atoms with van der Waals surface area (Å²) in [6, 6.07) is 7.46. The zero-order valence-corrected chi connectivity index (χ0v) is 12.5. The van der Waals surface area contributed by atoms with E-state index in [1.54, 1.807) is 0 Å². The fourth-order valence-electron chi connectivity index (χ4n) is 3.31. The Balaban J connectivity index is 1.99. The Labute approximate surface area is 130 Å². The van der Waals surface area contributed by atoms with Crippen molar-refractivity contribution in [1.82, 2.24) is 19.9 Å². The van der Waals surface area contributed by atoms with Crippen LogP contribution in [0, 0.1) is 0 Å². The van der Waals surface area contributed by atoms with E-state index >= 15 is 0 Å². The van der Waals surface area contributed by atoms with Crippen LogP contribution in [-0.2, 0) is 13.5 Å². The predicted octanol–water partition coefficient (Wildman–Crippen LogP) is 0.496. The van der Waals surface area contributed by atoms with Gasteiger partial charge >= 0.3 is 5.69 Å². The standard InChI is InChI=1S/C16H16N4O3/c1-20-15(22)11(14(21)19-16(20)23)13-12-9(6-7-17-13)8-4-2-3-5-10(8)18-12/h2-5,13,17-18,22H,6-7H2,1H3,(H,19,21,23)/t13-/m1/s1. The fraction of sp³-hybridized carbons (Fsp3) is 0.250. The van der Waals surface area contributed by atoms with Crippen LogP contribution < -0.4 is 16.6 Å². The third kappa shape index (κ3) is 1.93. The van der Waals surface area contributed by atoms with Crippen molar-refractivity contribution in [1.29, 1.82) is 0 Å². The van der Waals surface area contributed by atoms with Crippen LogP contribution in [0.5, 0.6) is 5.88 Å². The molecule has 118 valence electrons. The summed E-state index contributed by atoms with van der Waals surface area (Å²) in [6.07, 6.45) is 0.834. The molecule has 4 N–H and O–H groups in total. The van der Waals surface area contributed by atoms with Gasteiger partial charge in [0.25, 0.3) is 5.56 Å². The lowest BCUT2D eigenvalue weighted by atomic mass is 9.95. The van der Waals surface area contributed by atoms with E-state index in [1.165, 1.54) is 7.05 Å². The average Bonchev–Trinajstić information content (AvgIpc) is 2.92. The van der Waals surface area contributed by atoms with Crippen molar-refractivity contribution in [2.45, 2.75) is 12.5 Å². The zero-order chi connectivity index (χ0) is 16.1. The molecule has 4 rings (SSSR count). The third-order valence-corrected chi connectivity index (χ3v) is 4.48. The van der Waals surface area contributed by atoms with Crippen LogP contribution in [0.15, 0.2) is 33.9 Å². The molecule has 3 heterocycles. The molecule has 7 heteroatoms. The first-order valence-corrected chi connectivity index (χ1v) is 7.43. The largest absolute Gasteiger partial charge is 0.494 e. The van der Waals surface area contributed by atoms with Gasteiger partial charge in [-0.2, -0.15) is 0 Å². The number of hydrogen-bond acceptors (Lipinski definition) is 4. The number of aromatic hydroxyl groups is 1. The van der Waals surface area contributed by atoms with Crippen molar-refractivity contribution in [2.24, 2.45) is 7.05 Å². The van der Waals surface area contributed by atoms with Gasteiger partial charge in [0.2, 0.25) is 5.88 Å². The summed E-state index contributed by atoms with van der Waals surface area (Å²) in [4.78, 5) is 29.4. The molecule has 0 spiro atoms. The van der Waals surface area contributed by atoms with Crippen molar-refractivity contribution in [3.05, 3.63) is 61.9 Å². The Kier molecular flexibility index (Phi) is 2.92. The first-order valence-electron chi connectivity index (χ1n) is 7.43. The summed E-state index contributed by atoms with van der Waals surface area (Å²) in [5.74, 6) is -0.317. The van der Waals surface area contributed by atoms with Crippen molar-refractivity contribution in [3.8, 4) is 5.88 Å². The summed E-state index contributed by atoms with van der Waals surface area (Å²) in [6.45, 7) is 0.682. The summed E-state index contributed by atoms with van der Waals surface area (Å²) < 4.78 is 1.04. The number of para-hydroxylation sites is 1. The number of fused-ring (bicyclic) bond motifs is 3. The summed E-state index contributed by atoms with van der Waals surface area (Å²) in [5.41, 5.74) is 1.93. The lowest BCUT2D eigenvalue weighted by Crippen LogP contribution is -2.38. The van der Waals surface area contributed by atoms with Crippen LogP contribution in [0.3, 0.4) is 0 Å². The first kappa shape index (κ1) is 13.8. The molecule has 1 aromatic carbocycles. The van der Waals surface area contributed by atoms with Crippen molar-refractivity contribution < 1.29 is 5.11 Å². The van der Waals surface area contributed by atoms with E-state index in [4.69, 9.17) is 0 Å². The number of hydrogen-bond donors (Lipinski definition) is 4. The normalized spacial score (nSPS) is 17.3. The van der Waals surface area contributed by atoms with E-state index in [1.807, 2.05) is 24.3 Å². The van der Waals surface area contributed by atoms with Gasteiger partial charge in [0.15, 0.2) is 0 Å². The first-order chi connectivity index (χ1) is 11.1. The number of nitrogens with one attached hydrogen (secondary N) is 3. The average molecular weight is 312 g/mol. The van der Waals surface area contributed by atoms with Gasteiger partial charge in [-0.1, -0.05) is 18.2 Å². The molecular weight excluding hydrogens is 296 g/mol. The minimum atomic E-state index is -0.635. The maximum atomic E-state index is 12.3. The van der Waals surface area contributed by atoms with Crippen molar-refractivity contribution >= 4 is 10.9 Å². The Bertz CT molecular complexity index is 1030. The summed E-state index contributed by atoms with van der Waals surface area (Å²) >= 11 is 0. The monoisotopic (exact) mass is 312 g/mol. The van der Waals surface area contributed by atoms with Crippen LogP contribution in [0.25, 0.3) is 10.9 Å². The molecular formula is C16H16N4O3. The molecule has 2 aromatic heterocycles. The molecule has 0 fully saturated rings. The van der Waals surface area contributed by atoms with Gasteiger partial charge in [-0.3, -0.25) is 14.3 Å². The number of aromatic nitrogens is 3. The van der Waals surface area contributed by atoms with Gasteiger partial charge in [-0.15, -0.1) is 0 Å². The zero-order valence-electron chi connectivity index (χ0n) is 12.5. The van der Waals surface area contributed by atoms with E-state index in [0.717, 1.165) is 33.1 Å². The van der Waals surface area contributed by atoms with Gasteiger partial charge in [0.1, 0.15) is 5.56 Å². The quantitative estimate of drug-likeness (QED) is 0.525. The van der Waals surface area contributed by atoms with Gasteiger partial charge < -0.3 is 15.4 Å². The van der Waals surface area contributed by atoms with Gasteiger partial charge in [-0.05, 0) is 18.1 Å². The Morgan fingerprint density at radius 1 is 1.22 bits per heavy atom. The molecule has 0 saturated heterocycles. The van der Waals surface area contributed by atoms with Crippen molar-refractivity contribution in [2.75, 3.05) is 6.54 Å². The summed E-state index contributed by atoms with van der Waals surface area (Å²) in [7, 11) is 1.42. The highest BCUT2D eigenvalue weighted by atomic mass is 16.3. The minimum Gasteiger partial charge on any atom is -0.494 e. The minimum absolute atomic E-state index is 0.152. The van der Waals surface area contributed by atoms with Crippen LogP contribution in [0.2, 0.25) is 0 Å². The predicted molar refractivity (Wildman–Crippen MR) is 85.8 cm³/mol. The SMILES string of the molecule is Cn1c(O)c([C@H]2NCCc3c2[nH]c2ccccc32)c(=O)[nH]c1=O. The maximum Gasteiger partial charge on any atom is 0.330 e. The van der Waals surface area contributed by atoms with Gasteiger partial charge in [-0.25, -0.2) is 4.79 Å². The lowest BCUT2D eigenvalue weighted by Gasteiger charge is -2.24. The second-order valence-electron chi connectivity index (χ2n) is 5.76. The smallest absolute Gasteiger partial charge is 0.330 e. The molecule has 0 bridgehead atoms. The highest BCUT2D eigenvalue weighted by molar-refractivity contribution is 5.85. The number of aromatic amines is 2. The molecule has 0 saturated carbocycles. The van der Waals surface area contributed by atoms with E-state index in [9.17, 15) is 14.7 Å². The molecule has 1 aliphatic heterocycles. The van der Waals surface area contributed by atoms with E-state index in [-0.39, 0.29) is 11.4 Å². The molecule has 0 aliphatic carbocycles. The lowest BCUT2D eigenvalue weighted by molar-refractivity contribution is 0.398. The van der Waals surface area contributed by atoms with E-state index in [2.05, 4.69) is 15.3 Å². The molecule has 3 aromatic rings. The Morgan fingerprint density at radius 3 is 2.83 bits per heavy atom. The van der Waals surface area contributed by atoms with Crippen LogP contribution in [0.1, 0.15) is 22.9 Å². The number of benzene rings is 1. The van der Waals surface area contributed by atoms with E-state index < -0.39 is 17.3 Å².